The number of carbonyl (C=O) groups is 1. The number of amides is 1. The summed E-state index contributed by atoms with van der Waals surface area (Å²) in [6.45, 7) is 2.68. The lowest BCUT2D eigenvalue weighted by Gasteiger charge is -2.32. The van der Waals surface area contributed by atoms with Crippen LogP contribution in [0.15, 0.2) is 48.5 Å². The fourth-order valence-electron chi connectivity index (χ4n) is 3.08. The van der Waals surface area contributed by atoms with E-state index in [4.69, 9.17) is 23.2 Å². The molecule has 0 saturated carbocycles. The predicted molar refractivity (Wildman–Crippen MR) is 99.5 cm³/mol. The Hall–Kier alpha value is -1.55. The lowest BCUT2D eigenvalue weighted by molar-refractivity contribution is -0.121. The monoisotopic (exact) mass is 362 g/mol. The normalized spacial score (nSPS) is 18.3. The Morgan fingerprint density at radius 1 is 1.17 bits per heavy atom. The van der Waals surface area contributed by atoms with E-state index in [0.29, 0.717) is 15.7 Å². The summed E-state index contributed by atoms with van der Waals surface area (Å²) in [6, 6.07) is 15.5. The van der Waals surface area contributed by atoms with Gasteiger partial charge < -0.3 is 5.32 Å². The molecule has 3 nitrogen and oxygen atoms in total. The van der Waals surface area contributed by atoms with Gasteiger partial charge in [-0.05, 0) is 43.1 Å². The molecule has 3 rings (SSSR count). The van der Waals surface area contributed by atoms with Crippen LogP contribution < -0.4 is 5.32 Å². The molecule has 0 bridgehead atoms. The molecule has 1 amide bonds. The van der Waals surface area contributed by atoms with E-state index in [1.165, 1.54) is 5.56 Å². The molecule has 1 aliphatic rings. The molecule has 1 heterocycles. The van der Waals surface area contributed by atoms with E-state index >= 15 is 0 Å². The highest BCUT2D eigenvalue weighted by molar-refractivity contribution is 6.36. The van der Waals surface area contributed by atoms with Crippen LogP contribution >= 0.6 is 23.2 Å². The van der Waals surface area contributed by atoms with Gasteiger partial charge in [-0.1, -0.05) is 53.5 Å². The van der Waals surface area contributed by atoms with Crippen molar-refractivity contribution in [1.82, 2.24) is 4.90 Å². The molecular formula is C19H20Cl2N2O. The third-order valence-electron chi connectivity index (χ3n) is 4.31. The number of piperidine rings is 1. The fourth-order valence-corrected chi connectivity index (χ4v) is 3.54. The largest absolute Gasteiger partial charge is 0.324 e. The summed E-state index contributed by atoms with van der Waals surface area (Å²) < 4.78 is 0. The number of hydrogen-bond acceptors (Lipinski definition) is 2. The van der Waals surface area contributed by atoms with Crippen LogP contribution in [-0.4, -0.2) is 23.9 Å². The molecule has 0 unspecified atom stereocenters. The summed E-state index contributed by atoms with van der Waals surface area (Å²) in [7, 11) is 0. The highest BCUT2D eigenvalue weighted by Crippen LogP contribution is 2.27. The van der Waals surface area contributed by atoms with Gasteiger partial charge in [-0.15, -0.1) is 0 Å². The van der Waals surface area contributed by atoms with Gasteiger partial charge in [0.15, 0.2) is 0 Å². The van der Waals surface area contributed by atoms with Crippen molar-refractivity contribution >= 4 is 34.8 Å². The van der Waals surface area contributed by atoms with Crippen molar-refractivity contribution in [2.75, 3.05) is 18.4 Å². The molecular weight excluding hydrogens is 343 g/mol. The van der Waals surface area contributed by atoms with Crippen molar-refractivity contribution in [2.24, 2.45) is 5.92 Å². The predicted octanol–water partition coefficient (Wildman–Crippen LogP) is 4.84. The van der Waals surface area contributed by atoms with Crippen molar-refractivity contribution in [2.45, 2.75) is 19.4 Å². The fraction of sp³-hybridized carbons (Fsp3) is 0.316. The quantitative estimate of drug-likeness (QED) is 0.843. The van der Waals surface area contributed by atoms with E-state index in [1.807, 2.05) is 18.2 Å². The number of benzene rings is 2. The summed E-state index contributed by atoms with van der Waals surface area (Å²) in [5, 5.41) is 3.96. The van der Waals surface area contributed by atoms with Crippen LogP contribution in [0.5, 0.6) is 0 Å². The van der Waals surface area contributed by atoms with Gasteiger partial charge in [-0.2, -0.15) is 0 Å². The van der Waals surface area contributed by atoms with E-state index in [9.17, 15) is 4.79 Å². The number of anilines is 1. The molecule has 126 valence electrons. The summed E-state index contributed by atoms with van der Waals surface area (Å²) in [6.07, 6.45) is 1.93. The Bertz CT molecular complexity index is 706. The summed E-state index contributed by atoms with van der Waals surface area (Å²) >= 11 is 12.0. The van der Waals surface area contributed by atoms with E-state index in [1.54, 1.807) is 18.2 Å². The second-order valence-corrected chi connectivity index (χ2v) is 7.02. The van der Waals surface area contributed by atoms with Crippen molar-refractivity contribution in [3.63, 3.8) is 0 Å². The first-order chi connectivity index (χ1) is 11.6. The maximum Gasteiger partial charge on any atom is 0.228 e. The summed E-state index contributed by atoms with van der Waals surface area (Å²) in [5.41, 5.74) is 1.89. The zero-order chi connectivity index (χ0) is 16.9. The zero-order valence-electron chi connectivity index (χ0n) is 13.3. The SMILES string of the molecule is O=C(Nc1ccc(Cl)cc1Cl)[C@H]1CCCN(Cc2ccccc2)C1. The number of likely N-dealkylation sites (tertiary alicyclic amines) is 1. The number of nitrogens with one attached hydrogen (secondary N) is 1. The number of halogens is 2. The van der Waals surface area contributed by atoms with Crippen molar-refractivity contribution in [3.8, 4) is 0 Å². The van der Waals surface area contributed by atoms with Crippen LogP contribution in [0.2, 0.25) is 10.0 Å². The summed E-state index contributed by atoms with van der Waals surface area (Å²) in [4.78, 5) is 14.9. The molecule has 1 saturated heterocycles. The Balaban J connectivity index is 1.60. The van der Waals surface area contributed by atoms with Gasteiger partial charge in [0.1, 0.15) is 0 Å². The number of hydrogen-bond donors (Lipinski definition) is 1. The zero-order valence-corrected chi connectivity index (χ0v) is 14.9. The van der Waals surface area contributed by atoms with E-state index < -0.39 is 0 Å². The number of rotatable bonds is 4. The average molecular weight is 363 g/mol. The van der Waals surface area contributed by atoms with Gasteiger partial charge in [0.25, 0.3) is 0 Å². The van der Waals surface area contributed by atoms with Crippen LogP contribution in [-0.2, 0) is 11.3 Å². The van der Waals surface area contributed by atoms with Gasteiger partial charge in [0.2, 0.25) is 5.91 Å². The van der Waals surface area contributed by atoms with Crippen molar-refractivity contribution < 1.29 is 4.79 Å². The third kappa shape index (κ3) is 4.50. The molecule has 0 spiro atoms. The van der Waals surface area contributed by atoms with Crippen LogP contribution in [0, 0.1) is 5.92 Å². The molecule has 1 atom stereocenters. The lowest BCUT2D eigenvalue weighted by Crippen LogP contribution is -2.40. The van der Waals surface area contributed by atoms with Gasteiger partial charge >= 0.3 is 0 Å². The van der Waals surface area contributed by atoms with Gasteiger partial charge in [-0.25, -0.2) is 0 Å². The minimum absolute atomic E-state index is 0.0193. The Labute approximate surface area is 152 Å². The third-order valence-corrected chi connectivity index (χ3v) is 4.86. The summed E-state index contributed by atoms with van der Waals surface area (Å²) in [5.74, 6) is 0.00573. The molecule has 1 N–H and O–H groups in total. The molecule has 2 aromatic carbocycles. The van der Waals surface area contributed by atoms with E-state index in [-0.39, 0.29) is 11.8 Å². The molecule has 0 aliphatic carbocycles. The average Bonchev–Trinajstić information content (AvgIpc) is 2.58. The lowest BCUT2D eigenvalue weighted by atomic mass is 9.96. The first kappa shape index (κ1) is 17.3. The van der Waals surface area contributed by atoms with Crippen molar-refractivity contribution in [3.05, 3.63) is 64.1 Å². The number of nitrogens with zero attached hydrogens (tertiary/aromatic N) is 1. The second-order valence-electron chi connectivity index (χ2n) is 6.17. The van der Waals surface area contributed by atoms with Crippen LogP contribution in [0.1, 0.15) is 18.4 Å². The molecule has 2 aromatic rings. The van der Waals surface area contributed by atoms with Crippen LogP contribution in [0.25, 0.3) is 0 Å². The molecule has 1 fully saturated rings. The van der Waals surface area contributed by atoms with E-state index in [0.717, 1.165) is 32.5 Å². The standard InChI is InChI=1S/C19H20Cl2N2O/c20-16-8-9-18(17(21)11-16)22-19(24)15-7-4-10-23(13-15)12-14-5-2-1-3-6-14/h1-3,5-6,8-9,11,15H,4,7,10,12-13H2,(H,22,24)/t15-/m0/s1. The Morgan fingerprint density at radius 2 is 1.96 bits per heavy atom. The van der Waals surface area contributed by atoms with E-state index in [2.05, 4.69) is 22.3 Å². The Morgan fingerprint density at radius 3 is 2.71 bits per heavy atom. The molecule has 0 aromatic heterocycles. The van der Waals surface area contributed by atoms with Gasteiger partial charge in [-0.3, -0.25) is 9.69 Å². The second kappa shape index (κ2) is 8.02. The maximum atomic E-state index is 12.6. The highest BCUT2D eigenvalue weighted by atomic mass is 35.5. The smallest absolute Gasteiger partial charge is 0.228 e. The van der Waals surface area contributed by atoms with Crippen LogP contribution in [0.3, 0.4) is 0 Å². The van der Waals surface area contributed by atoms with Gasteiger partial charge in [0, 0.05) is 18.1 Å². The molecule has 0 radical (unpaired) electrons. The first-order valence-corrected chi connectivity index (χ1v) is 8.89. The van der Waals surface area contributed by atoms with Crippen LogP contribution in [0.4, 0.5) is 5.69 Å². The first-order valence-electron chi connectivity index (χ1n) is 8.14. The minimum Gasteiger partial charge on any atom is -0.324 e. The minimum atomic E-state index is -0.0193. The molecule has 5 heteroatoms. The number of carbonyl (C=O) groups excluding carboxylic acids is 1. The molecule has 1 aliphatic heterocycles. The maximum absolute atomic E-state index is 12.6. The van der Waals surface area contributed by atoms with Crippen molar-refractivity contribution in [1.29, 1.82) is 0 Å². The Kier molecular flexibility index (Phi) is 5.77. The molecule has 24 heavy (non-hydrogen) atoms. The highest BCUT2D eigenvalue weighted by Gasteiger charge is 2.26. The van der Waals surface area contributed by atoms with Gasteiger partial charge in [0.05, 0.1) is 16.6 Å². The topological polar surface area (TPSA) is 32.3 Å².